The van der Waals surface area contributed by atoms with E-state index in [0.29, 0.717) is 22.1 Å². The number of carboxylic acid groups (broad SMARTS) is 1. The lowest BCUT2D eigenvalue weighted by Gasteiger charge is -2.26. The summed E-state index contributed by atoms with van der Waals surface area (Å²) in [7, 11) is 0. The van der Waals surface area contributed by atoms with Gasteiger partial charge in [0.2, 0.25) is 0 Å². The second kappa shape index (κ2) is 7.58. The third kappa shape index (κ3) is 4.55. The minimum atomic E-state index is -0.965. The normalized spacial score (nSPS) is 11.0. The lowest BCUT2D eigenvalue weighted by atomic mass is 9.82. The fraction of sp³-hybridized carbons (Fsp3) is 0.429. The molecule has 0 aromatic heterocycles. The highest BCUT2D eigenvalue weighted by Crippen LogP contribution is 2.25. The first-order chi connectivity index (χ1) is 9.84. The van der Waals surface area contributed by atoms with Gasteiger partial charge in [0.1, 0.15) is 5.82 Å². The van der Waals surface area contributed by atoms with E-state index in [1.54, 1.807) is 13.8 Å². The number of carboxylic acids is 1. The summed E-state index contributed by atoms with van der Waals surface area (Å²) < 4.78 is 13.5. The van der Waals surface area contributed by atoms with E-state index < -0.39 is 17.4 Å². The number of benzene rings is 1. The van der Waals surface area contributed by atoms with E-state index >= 15 is 0 Å². The number of carbonyl (C=O) groups is 2. The van der Waals surface area contributed by atoms with Crippen LogP contribution in [-0.2, 0) is 4.79 Å². The summed E-state index contributed by atoms with van der Waals surface area (Å²) >= 11 is 1.91. The van der Waals surface area contributed by atoms with Crippen LogP contribution in [0, 0.1) is 14.8 Å². The van der Waals surface area contributed by atoms with Gasteiger partial charge >= 0.3 is 12.0 Å². The molecule has 7 heteroatoms. The maximum atomic E-state index is 13.0. The van der Waals surface area contributed by atoms with Crippen molar-refractivity contribution in [2.24, 2.45) is 5.41 Å². The van der Waals surface area contributed by atoms with Crippen LogP contribution in [0.4, 0.5) is 14.9 Å². The van der Waals surface area contributed by atoms with Gasteiger partial charge in [-0.3, -0.25) is 4.79 Å². The Morgan fingerprint density at radius 1 is 1.33 bits per heavy atom. The summed E-state index contributed by atoms with van der Waals surface area (Å²) in [6.45, 7) is 3.60. The van der Waals surface area contributed by atoms with E-state index in [0.717, 1.165) is 0 Å². The van der Waals surface area contributed by atoms with Crippen molar-refractivity contribution in [1.82, 2.24) is 5.32 Å². The number of aliphatic carboxylic acids is 1. The van der Waals surface area contributed by atoms with Crippen LogP contribution in [0.1, 0.15) is 26.7 Å². The molecular formula is C14H18FIN2O3. The molecule has 0 unspecified atom stereocenters. The van der Waals surface area contributed by atoms with Gasteiger partial charge in [-0.25, -0.2) is 9.18 Å². The summed E-state index contributed by atoms with van der Waals surface area (Å²) in [4.78, 5) is 23.2. The highest BCUT2D eigenvalue weighted by molar-refractivity contribution is 14.1. The molecule has 0 aliphatic heterocycles. The van der Waals surface area contributed by atoms with E-state index in [9.17, 15) is 19.1 Å². The van der Waals surface area contributed by atoms with Crippen LogP contribution in [0.5, 0.6) is 0 Å². The van der Waals surface area contributed by atoms with Gasteiger partial charge < -0.3 is 15.7 Å². The number of nitrogens with one attached hydrogen (secondary N) is 2. The fourth-order valence-electron chi connectivity index (χ4n) is 1.88. The predicted molar refractivity (Wildman–Crippen MR) is 86.8 cm³/mol. The molecule has 1 aromatic carbocycles. The molecule has 0 saturated heterocycles. The molecule has 0 bridgehead atoms. The van der Waals surface area contributed by atoms with Crippen molar-refractivity contribution in [1.29, 1.82) is 0 Å². The highest BCUT2D eigenvalue weighted by atomic mass is 127. The standard InChI is InChI=1S/C14H18FIN2O3/c1-3-14(4-2,12(19)20)8-17-13(21)18-11-6-5-9(15)7-10(11)16/h5-7H,3-4,8H2,1-2H3,(H,19,20)(H2,17,18,21). The Bertz CT molecular complexity index is 533. The van der Waals surface area contributed by atoms with Gasteiger partial charge in [-0.05, 0) is 53.6 Å². The number of rotatable bonds is 6. The molecular weight excluding hydrogens is 390 g/mol. The van der Waals surface area contributed by atoms with Crippen molar-refractivity contribution in [3.8, 4) is 0 Å². The quantitative estimate of drug-likeness (QED) is 0.632. The molecule has 5 nitrogen and oxygen atoms in total. The summed E-state index contributed by atoms with van der Waals surface area (Å²) in [5.74, 6) is -1.31. The Morgan fingerprint density at radius 2 is 1.95 bits per heavy atom. The van der Waals surface area contributed by atoms with Gasteiger partial charge in [0.05, 0.1) is 11.1 Å². The van der Waals surface area contributed by atoms with Crippen LogP contribution in [0.25, 0.3) is 0 Å². The largest absolute Gasteiger partial charge is 0.481 e. The Labute approximate surface area is 136 Å². The van der Waals surface area contributed by atoms with Crippen LogP contribution in [0.15, 0.2) is 18.2 Å². The van der Waals surface area contributed by atoms with Crippen molar-refractivity contribution in [2.45, 2.75) is 26.7 Å². The van der Waals surface area contributed by atoms with Gasteiger partial charge in [0.15, 0.2) is 0 Å². The number of anilines is 1. The van der Waals surface area contributed by atoms with E-state index in [1.165, 1.54) is 18.2 Å². The smallest absolute Gasteiger partial charge is 0.319 e. The van der Waals surface area contributed by atoms with E-state index in [1.807, 2.05) is 22.6 Å². The molecule has 1 rings (SSSR count). The minimum Gasteiger partial charge on any atom is -0.481 e. The molecule has 0 fully saturated rings. The first kappa shape index (κ1) is 17.7. The summed E-state index contributed by atoms with van der Waals surface area (Å²) in [5, 5.41) is 14.4. The molecule has 2 amide bonds. The van der Waals surface area contributed by atoms with Crippen LogP contribution in [0.3, 0.4) is 0 Å². The van der Waals surface area contributed by atoms with Gasteiger partial charge in [-0.1, -0.05) is 13.8 Å². The Balaban J connectivity index is 2.67. The highest BCUT2D eigenvalue weighted by Gasteiger charge is 2.35. The Kier molecular flexibility index (Phi) is 6.38. The van der Waals surface area contributed by atoms with Crippen molar-refractivity contribution >= 4 is 40.3 Å². The SMILES string of the molecule is CCC(CC)(CNC(=O)Nc1ccc(F)cc1I)C(=O)O. The predicted octanol–water partition coefficient (Wildman–Crippen LogP) is 3.44. The first-order valence-electron chi connectivity index (χ1n) is 6.58. The molecule has 116 valence electrons. The molecule has 1 aromatic rings. The van der Waals surface area contributed by atoms with Gasteiger partial charge in [0.25, 0.3) is 0 Å². The van der Waals surface area contributed by atoms with Crippen molar-refractivity contribution < 1.29 is 19.1 Å². The van der Waals surface area contributed by atoms with Crippen LogP contribution >= 0.6 is 22.6 Å². The molecule has 0 spiro atoms. The first-order valence-corrected chi connectivity index (χ1v) is 7.66. The maximum Gasteiger partial charge on any atom is 0.319 e. The second-order valence-corrected chi connectivity index (χ2v) is 5.89. The monoisotopic (exact) mass is 408 g/mol. The number of amides is 2. The number of halogens is 2. The molecule has 0 atom stereocenters. The van der Waals surface area contributed by atoms with Gasteiger partial charge in [0, 0.05) is 10.1 Å². The second-order valence-electron chi connectivity index (χ2n) is 4.72. The molecule has 0 radical (unpaired) electrons. The Morgan fingerprint density at radius 3 is 2.43 bits per heavy atom. The lowest BCUT2D eigenvalue weighted by molar-refractivity contribution is -0.149. The molecule has 0 heterocycles. The minimum absolute atomic E-state index is 0.0406. The summed E-state index contributed by atoms with van der Waals surface area (Å²) in [6, 6.07) is 3.50. The van der Waals surface area contributed by atoms with Crippen LogP contribution < -0.4 is 10.6 Å². The summed E-state index contributed by atoms with van der Waals surface area (Å²) in [6.07, 6.45) is 0.848. The third-order valence-electron chi connectivity index (χ3n) is 3.57. The van der Waals surface area contributed by atoms with Crippen LogP contribution in [0.2, 0.25) is 0 Å². The average molecular weight is 408 g/mol. The zero-order valence-electron chi connectivity index (χ0n) is 11.9. The van der Waals surface area contributed by atoms with Crippen LogP contribution in [-0.4, -0.2) is 23.7 Å². The van der Waals surface area contributed by atoms with Gasteiger partial charge in [-0.15, -0.1) is 0 Å². The van der Waals surface area contributed by atoms with Crippen molar-refractivity contribution in [2.75, 3.05) is 11.9 Å². The molecule has 21 heavy (non-hydrogen) atoms. The zero-order valence-corrected chi connectivity index (χ0v) is 14.0. The van der Waals surface area contributed by atoms with E-state index in [-0.39, 0.29) is 12.4 Å². The summed E-state index contributed by atoms with van der Waals surface area (Å²) in [5.41, 5.74) is -0.490. The Hall–Kier alpha value is -1.38. The molecule has 0 aliphatic rings. The number of hydrogen-bond donors (Lipinski definition) is 3. The fourth-order valence-corrected chi connectivity index (χ4v) is 2.50. The topological polar surface area (TPSA) is 78.4 Å². The van der Waals surface area contributed by atoms with Crippen molar-refractivity contribution in [3.63, 3.8) is 0 Å². The number of urea groups is 1. The average Bonchev–Trinajstić information content (AvgIpc) is 2.43. The molecule has 0 aliphatic carbocycles. The number of hydrogen-bond acceptors (Lipinski definition) is 2. The lowest BCUT2D eigenvalue weighted by Crippen LogP contribution is -2.43. The van der Waals surface area contributed by atoms with Gasteiger partial charge in [-0.2, -0.15) is 0 Å². The molecule has 0 saturated carbocycles. The third-order valence-corrected chi connectivity index (χ3v) is 4.47. The maximum absolute atomic E-state index is 13.0. The number of carbonyl (C=O) groups excluding carboxylic acids is 1. The van der Waals surface area contributed by atoms with E-state index in [4.69, 9.17) is 0 Å². The van der Waals surface area contributed by atoms with E-state index in [2.05, 4.69) is 10.6 Å². The zero-order chi connectivity index (χ0) is 16.0. The van der Waals surface area contributed by atoms with Crippen molar-refractivity contribution in [3.05, 3.63) is 27.6 Å². The molecule has 3 N–H and O–H groups in total.